The van der Waals surface area contributed by atoms with Crippen molar-refractivity contribution in [3.8, 4) is 0 Å². The van der Waals surface area contributed by atoms with Crippen LogP contribution in [-0.2, 0) is 14.8 Å². The van der Waals surface area contributed by atoms with E-state index in [-0.39, 0.29) is 17.7 Å². The van der Waals surface area contributed by atoms with E-state index in [0.29, 0.717) is 25.8 Å². The minimum absolute atomic E-state index is 0.0402. The van der Waals surface area contributed by atoms with E-state index in [2.05, 4.69) is 0 Å². The predicted octanol–water partition coefficient (Wildman–Crippen LogP) is 1.94. The van der Waals surface area contributed by atoms with E-state index in [1.807, 2.05) is 20.8 Å². The smallest absolute Gasteiger partial charge is 0.311 e. The standard InChI is InChI=1S/C13H25NO4S/c1-5-13(11(15)16)6-8-14(10-13)19(17,18)9-7-12(2,3)4/h5-10H2,1-4H3,(H,15,16). The maximum atomic E-state index is 12.2. The van der Waals surface area contributed by atoms with Gasteiger partial charge in [-0.05, 0) is 24.7 Å². The summed E-state index contributed by atoms with van der Waals surface area (Å²) in [5.41, 5.74) is -0.934. The van der Waals surface area contributed by atoms with Crippen LogP contribution < -0.4 is 0 Å². The van der Waals surface area contributed by atoms with Crippen molar-refractivity contribution in [2.75, 3.05) is 18.8 Å². The van der Waals surface area contributed by atoms with Gasteiger partial charge in [0.15, 0.2) is 0 Å². The summed E-state index contributed by atoms with van der Waals surface area (Å²) in [4.78, 5) is 11.3. The molecule has 1 atom stereocenters. The van der Waals surface area contributed by atoms with Gasteiger partial charge in [-0.25, -0.2) is 12.7 Å². The molecule has 112 valence electrons. The summed E-state index contributed by atoms with van der Waals surface area (Å²) >= 11 is 0. The number of hydrogen-bond acceptors (Lipinski definition) is 3. The number of sulfonamides is 1. The fourth-order valence-electron chi connectivity index (χ4n) is 2.25. The molecule has 0 aromatic heterocycles. The van der Waals surface area contributed by atoms with Gasteiger partial charge in [-0.15, -0.1) is 0 Å². The molecule has 0 bridgehead atoms. The van der Waals surface area contributed by atoms with Gasteiger partial charge in [0.1, 0.15) is 0 Å². The van der Waals surface area contributed by atoms with Crippen molar-refractivity contribution in [3.05, 3.63) is 0 Å². The van der Waals surface area contributed by atoms with Crippen molar-refractivity contribution in [1.29, 1.82) is 0 Å². The van der Waals surface area contributed by atoms with Crippen molar-refractivity contribution in [2.45, 2.75) is 47.0 Å². The summed E-state index contributed by atoms with van der Waals surface area (Å²) in [5.74, 6) is -0.792. The van der Waals surface area contributed by atoms with Gasteiger partial charge in [-0.2, -0.15) is 0 Å². The molecule has 0 amide bonds. The summed E-state index contributed by atoms with van der Waals surface area (Å²) < 4.78 is 25.8. The number of aliphatic carboxylic acids is 1. The Kier molecular flexibility index (Phi) is 4.67. The molecule has 1 aliphatic heterocycles. The Morgan fingerprint density at radius 2 is 1.95 bits per heavy atom. The summed E-state index contributed by atoms with van der Waals surface area (Å²) in [6.07, 6.45) is 1.46. The molecule has 5 nitrogen and oxygen atoms in total. The lowest BCUT2D eigenvalue weighted by atomic mass is 9.85. The molecule has 0 saturated carbocycles. The van der Waals surface area contributed by atoms with E-state index in [0.717, 1.165) is 0 Å². The zero-order chi connectivity index (χ0) is 14.9. The Bertz CT molecular complexity index is 438. The minimum atomic E-state index is -3.34. The molecule has 19 heavy (non-hydrogen) atoms. The van der Waals surface area contributed by atoms with E-state index in [9.17, 15) is 18.3 Å². The maximum Gasteiger partial charge on any atom is 0.311 e. The molecule has 1 aliphatic rings. The number of carbonyl (C=O) groups is 1. The Hall–Kier alpha value is -0.620. The molecule has 1 unspecified atom stereocenters. The van der Waals surface area contributed by atoms with E-state index < -0.39 is 21.4 Å². The predicted molar refractivity (Wildman–Crippen MR) is 74.4 cm³/mol. The summed E-state index contributed by atoms with van der Waals surface area (Å²) in [6, 6.07) is 0. The van der Waals surface area contributed by atoms with Crippen molar-refractivity contribution in [1.82, 2.24) is 4.31 Å². The van der Waals surface area contributed by atoms with Gasteiger partial charge in [0.05, 0.1) is 11.2 Å². The maximum absolute atomic E-state index is 12.2. The third-order valence-electron chi connectivity index (χ3n) is 3.95. The molecule has 0 aromatic rings. The number of carboxylic acids is 1. The number of hydrogen-bond donors (Lipinski definition) is 1. The van der Waals surface area contributed by atoms with Gasteiger partial charge in [0.25, 0.3) is 0 Å². The van der Waals surface area contributed by atoms with Gasteiger partial charge in [-0.1, -0.05) is 27.7 Å². The summed E-state index contributed by atoms with van der Waals surface area (Å²) in [7, 11) is -3.34. The van der Waals surface area contributed by atoms with Gasteiger partial charge in [0, 0.05) is 13.1 Å². The van der Waals surface area contributed by atoms with Crippen LogP contribution in [0.2, 0.25) is 0 Å². The fourth-order valence-corrected chi connectivity index (χ4v) is 4.19. The van der Waals surface area contributed by atoms with Crippen molar-refractivity contribution < 1.29 is 18.3 Å². The third kappa shape index (κ3) is 3.92. The van der Waals surface area contributed by atoms with Crippen molar-refractivity contribution in [3.63, 3.8) is 0 Å². The Morgan fingerprint density at radius 3 is 2.32 bits per heavy atom. The first kappa shape index (κ1) is 16.4. The highest BCUT2D eigenvalue weighted by molar-refractivity contribution is 7.89. The van der Waals surface area contributed by atoms with Crippen LogP contribution in [0.25, 0.3) is 0 Å². The molecule has 1 N–H and O–H groups in total. The molecule has 1 heterocycles. The van der Waals surface area contributed by atoms with Gasteiger partial charge < -0.3 is 5.11 Å². The largest absolute Gasteiger partial charge is 0.481 e. The Labute approximate surface area is 116 Å². The average Bonchev–Trinajstić information content (AvgIpc) is 2.72. The van der Waals surface area contributed by atoms with Crippen molar-refractivity contribution in [2.24, 2.45) is 10.8 Å². The van der Waals surface area contributed by atoms with Crippen LogP contribution >= 0.6 is 0 Å². The minimum Gasteiger partial charge on any atom is -0.481 e. The lowest BCUT2D eigenvalue weighted by molar-refractivity contribution is -0.148. The summed E-state index contributed by atoms with van der Waals surface area (Å²) in [6.45, 7) is 8.25. The van der Waals surface area contributed by atoms with Crippen LogP contribution in [0.1, 0.15) is 47.0 Å². The van der Waals surface area contributed by atoms with Gasteiger partial charge >= 0.3 is 5.97 Å². The first-order valence-corrected chi connectivity index (χ1v) is 8.35. The molecule has 1 rings (SSSR count). The van der Waals surface area contributed by atoms with E-state index in [4.69, 9.17) is 0 Å². The topological polar surface area (TPSA) is 74.7 Å². The average molecular weight is 291 g/mol. The lowest BCUT2D eigenvalue weighted by Crippen LogP contribution is -2.37. The van der Waals surface area contributed by atoms with Crippen LogP contribution in [-0.4, -0.2) is 42.6 Å². The van der Waals surface area contributed by atoms with E-state index in [1.54, 1.807) is 6.92 Å². The van der Waals surface area contributed by atoms with Crippen LogP contribution in [0.4, 0.5) is 0 Å². The molecule has 0 aliphatic carbocycles. The second kappa shape index (κ2) is 5.40. The Morgan fingerprint density at radius 1 is 1.37 bits per heavy atom. The molecule has 6 heteroatoms. The summed E-state index contributed by atoms with van der Waals surface area (Å²) in [5, 5.41) is 9.28. The molecule has 0 spiro atoms. The lowest BCUT2D eigenvalue weighted by Gasteiger charge is -2.24. The molecule has 1 fully saturated rings. The van der Waals surface area contributed by atoms with Crippen LogP contribution in [0.15, 0.2) is 0 Å². The van der Waals surface area contributed by atoms with Gasteiger partial charge in [0.2, 0.25) is 10.0 Å². The first-order valence-electron chi connectivity index (χ1n) is 6.74. The van der Waals surface area contributed by atoms with Gasteiger partial charge in [-0.3, -0.25) is 4.79 Å². The number of rotatable bonds is 5. The first-order chi connectivity index (χ1) is 8.52. The highest BCUT2D eigenvalue weighted by atomic mass is 32.2. The quantitative estimate of drug-likeness (QED) is 0.840. The highest BCUT2D eigenvalue weighted by Gasteiger charge is 2.46. The highest BCUT2D eigenvalue weighted by Crippen LogP contribution is 2.36. The van der Waals surface area contributed by atoms with Crippen LogP contribution in [0.5, 0.6) is 0 Å². The SMILES string of the molecule is CCC1(C(=O)O)CCN(S(=O)(=O)CCC(C)(C)C)C1. The number of nitrogens with zero attached hydrogens (tertiary/aromatic N) is 1. The normalized spacial score (nSPS) is 25.7. The number of carboxylic acid groups (broad SMARTS) is 1. The molecule has 0 aromatic carbocycles. The zero-order valence-corrected chi connectivity index (χ0v) is 13.1. The zero-order valence-electron chi connectivity index (χ0n) is 12.3. The third-order valence-corrected chi connectivity index (χ3v) is 5.77. The molecule has 0 radical (unpaired) electrons. The van der Waals surface area contributed by atoms with Crippen LogP contribution in [0.3, 0.4) is 0 Å². The molecular weight excluding hydrogens is 266 g/mol. The monoisotopic (exact) mass is 291 g/mol. The van der Waals surface area contributed by atoms with E-state index >= 15 is 0 Å². The fraction of sp³-hybridized carbons (Fsp3) is 0.923. The molecule has 1 saturated heterocycles. The van der Waals surface area contributed by atoms with E-state index in [1.165, 1.54) is 4.31 Å². The second-order valence-electron chi connectivity index (χ2n) is 6.65. The van der Waals surface area contributed by atoms with Crippen molar-refractivity contribution >= 4 is 16.0 Å². The molecular formula is C13H25NO4S. The second-order valence-corrected chi connectivity index (χ2v) is 8.74. The Balaban J connectivity index is 2.75. The van der Waals surface area contributed by atoms with Crippen LogP contribution in [0, 0.1) is 10.8 Å².